The van der Waals surface area contributed by atoms with E-state index in [9.17, 15) is 0 Å². The normalized spacial score (nSPS) is 15.5. The van der Waals surface area contributed by atoms with Crippen molar-refractivity contribution in [3.63, 3.8) is 0 Å². The number of benzene rings is 1. The van der Waals surface area contributed by atoms with Gasteiger partial charge in [-0.25, -0.2) is 0 Å². The van der Waals surface area contributed by atoms with Gasteiger partial charge in [-0.3, -0.25) is 0 Å². The summed E-state index contributed by atoms with van der Waals surface area (Å²) in [6.07, 6.45) is 20.7. The molecule has 2 heteroatoms. The molecule has 0 fully saturated rings. The SMILES string of the molecule is C[Si](C)(/C=C/C1=C[CH]C=C1)c1ccccc1.[CH]1C=CC=C1.[Fe]. The maximum absolute atomic E-state index is 2.40. The smallest absolute Gasteiger partial charge is 0.0897 e. The molecule has 0 nitrogen and oxygen atoms in total. The minimum absolute atomic E-state index is 0. The van der Waals surface area contributed by atoms with Crippen LogP contribution in [0, 0.1) is 12.8 Å². The Hall–Kier alpha value is -1.34. The summed E-state index contributed by atoms with van der Waals surface area (Å²) in [6.45, 7) is 4.75. The predicted octanol–water partition coefficient (Wildman–Crippen LogP) is 4.71. The molecular weight excluding hydrogens is 324 g/mol. The van der Waals surface area contributed by atoms with Crippen molar-refractivity contribution in [1.29, 1.82) is 0 Å². The Morgan fingerprint density at radius 2 is 1.50 bits per heavy atom. The summed E-state index contributed by atoms with van der Waals surface area (Å²) in [5.74, 6) is 0. The van der Waals surface area contributed by atoms with Crippen molar-refractivity contribution in [1.82, 2.24) is 0 Å². The van der Waals surface area contributed by atoms with Crippen molar-refractivity contribution in [3.8, 4) is 0 Å². The van der Waals surface area contributed by atoms with Crippen LogP contribution in [0.25, 0.3) is 0 Å². The minimum Gasteiger partial charge on any atom is -0.0897 e. The van der Waals surface area contributed by atoms with Gasteiger partial charge in [0.15, 0.2) is 0 Å². The van der Waals surface area contributed by atoms with Gasteiger partial charge in [0.1, 0.15) is 8.07 Å². The van der Waals surface area contributed by atoms with E-state index in [-0.39, 0.29) is 17.1 Å². The summed E-state index contributed by atoms with van der Waals surface area (Å²) in [7, 11) is -1.42. The summed E-state index contributed by atoms with van der Waals surface area (Å²) in [6, 6.07) is 10.8. The molecular formula is C20H22FeSi. The van der Waals surface area contributed by atoms with E-state index in [0.29, 0.717) is 0 Å². The molecule has 0 amide bonds. The largest absolute Gasteiger partial charge is 0.104 e. The Labute approximate surface area is 146 Å². The third kappa shape index (κ3) is 6.19. The maximum Gasteiger partial charge on any atom is 0.104 e. The number of allylic oxidation sites excluding steroid dienone is 9. The first kappa shape index (κ1) is 18.7. The fourth-order valence-corrected chi connectivity index (χ4v) is 3.94. The van der Waals surface area contributed by atoms with Gasteiger partial charge >= 0.3 is 0 Å². The van der Waals surface area contributed by atoms with Crippen molar-refractivity contribution >= 4 is 13.3 Å². The number of rotatable bonds is 3. The van der Waals surface area contributed by atoms with Crippen molar-refractivity contribution in [2.24, 2.45) is 0 Å². The summed E-state index contributed by atoms with van der Waals surface area (Å²) < 4.78 is 0. The van der Waals surface area contributed by atoms with E-state index in [1.807, 2.05) is 30.7 Å². The Bertz CT molecular complexity index is 579. The molecule has 0 unspecified atom stereocenters. The zero-order valence-electron chi connectivity index (χ0n) is 13.1. The van der Waals surface area contributed by atoms with Crippen molar-refractivity contribution in [2.45, 2.75) is 13.1 Å². The Morgan fingerprint density at radius 1 is 0.818 bits per heavy atom. The summed E-state index contributed by atoms with van der Waals surface area (Å²) >= 11 is 0. The van der Waals surface area contributed by atoms with Crippen LogP contribution in [0.15, 0.2) is 90.2 Å². The second-order valence-electron chi connectivity index (χ2n) is 5.60. The molecule has 0 N–H and O–H groups in total. The van der Waals surface area contributed by atoms with Gasteiger partial charge in [0.05, 0.1) is 0 Å². The standard InChI is InChI=1S/C15H17Si.C5H5.Fe/c1-16(2,15-10-4-3-5-11-15)13-12-14-8-6-7-9-14;1-2-4-5-3-1;/h3-13H,1-2H3;1-5H;/b13-12+;;. The molecule has 0 saturated heterocycles. The molecule has 0 heterocycles. The van der Waals surface area contributed by atoms with Crippen LogP contribution >= 0.6 is 0 Å². The van der Waals surface area contributed by atoms with Crippen LogP contribution in [0.3, 0.4) is 0 Å². The van der Waals surface area contributed by atoms with Crippen LogP contribution in [0.5, 0.6) is 0 Å². The van der Waals surface area contributed by atoms with Crippen molar-refractivity contribution < 1.29 is 17.1 Å². The van der Waals surface area contributed by atoms with Crippen LogP contribution in [-0.2, 0) is 17.1 Å². The minimum atomic E-state index is -1.42. The van der Waals surface area contributed by atoms with Crippen molar-refractivity contribution in [2.75, 3.05) is 0 Å². The molecule has 0 atom stereocenters. The van der Waals surface area contributed by atoms with Crippen LogP contribution < -0.4 is 5.19 Å². The molecule has 0 bridgehead atoms. The van der Waals surface area contributed by atoms with Gasteiger partial charge in [-0.1, -0.05) is 103 Å². The van der Waals surface area contributed by atoms with E-state index < -0.39 is 8.07 Å². The average molecular weight is 346 g/mol. The van der Waals surface area contributed by atoms with Crippen molar-refractivity contribution in [3.05, 3.63) is 103 Å². The van der Waals surface area contributed by atoms with Crippen LogP contribution in [0.1, 0.15) is 0 Å². The topological polar surface area (TPSA) is 0 Å². The first-order valence-corrected chi connectivity index (χ1v) is 10.4. The molecule has 1 aromatic carbocycles. The zero-order valence-corrected chi connectivity index (χ0v) is 15.2. The fourth-order valence-electron chi connectivity index (χ4n) is 2.09. The second kappa shape index (κ2) is 9.63. The number of hydrogen-bond donors (Lipinski definition) is 0. The molecule has 0 spiro atoms. The monoisotopic (exact) mass is 346 g/mol. The van der Waals surface area contributed by atoms with E-state index >= 15 is 0 Å². The first-order chi connectivity index (χ1) is 10.2. The molecule has 0 aromatic heterocycles. The van der Waals surface area contributed by atoms with Gasteiger partial charge in [0, 0.05) is 29.9 Å². The molecule has 2 radical (unpaired) electrons. The average Bonchev–Trinajstić information content (AvgIpc) is 3.22. The molecule has 1 aromatic rings. The Morgan fingerprint density at radius 3 is 2.00 bits per heavy atom. The fraction of sp³-hybridized carbons (Fsp3) is 0.100. The van der Waals surface area contributed by atoms with Crippen LogP contribution in [0.4, 0.5) is 0 Å². The van der Waals surface area contributed by atoms with Gasteiger partial charge < -0.3 is 0 Å². The predicted molar refractivity (Wildman–Crippen MR) is 96.8 cm³/mol. The first-order valence-electron chi connectivity index (χ1n) is 7.32. The Balaban J connectivity index is 0.000000344. The molecule has 114 valence electrons. The molecule has 22 heavy (non-hydrogen) atoms. The van der Waals surface area contributed by atoms with Gasteiger partial charge in [0.2, 0.25) is 0 Å². The molecule has 2 aliphatic rings. The van der Waals surface area contributed by atoms with E-state index in [1.165, 1.54) is 10.8 Å². The summed E-state index contributed by atoms with van der Waals surface area (Å²) in [5, 5.41) is 1.48. The summed E-state index contributed by atoms with van der Waals surface area (Å²) in [4.78, 5) is 0. The van der Waals surface area contributed by atoms with E-state index in [1.54, 1.807) is 0 Å². The molecule has 3 rings (SSSR count). The van der Waals surface area contributed by atoms with Crippen LogP contribution in [-0.4, -0.2) is 8.07 Å². The van der Waals surface area contributed by atoms with Crippen LogP contribution in [0.2, 0.25) is 13.1 Å². The third-order valence-electron chi connectivity index (χ3n) is 3.45. The van der Waals surface area contributed by atoms with Gasteiger partial charge in [0.25, 0.3) is 0 Å². The molecule has 2 aliphatic carbocycles. The quantitative estimate of drug-likeness (QED) is 0.695. The van der Waals surface area contributed by atoms with E-state index in [0.717, 1.165) is 0 Å². The zero-order chi connectivity index (χ0) is 15.0. The Kier molecular flexibility index (Phi) is 8.19. The van der Waals surface area contributed by atoms with Gasteiger partial charge in [-0.2, -0.15) is 0 Å². The summed E-state index contributed by atoms with van der Waals surface area (Å²) in [5.41, 5.74) is 3.70. The van der Waals surface area contributed by atoms with Gasteiger partial charge in [-0.15, -0.1) is 0 Å². The number of hydrogen-bond acceptors (Lipinski definition) is 0. The third-order valence-corrected chi connectivity index (χ3v) is 6.28. The maximum atomic E-state index is 2.40. The van der Waals surface area contributed by atoms with Gasteiger partial charge in [-0.05, 0) is 5.57 Å². The van der Waals surface area contributed by atoms with E-state index in [2.05, 4.69) is 79.9 Å². The molecule has 0 aliphatic heterocycles. The second-order valence-corrected chi connectivity index (χ2v) is 9.96. The van der Waals surface area contributed by atoms with E-state index in [4.69, 9.17) is 0 Å². The molecule has 0 saturated carbocycles.